The lowest BCUT2D eigenvalue weighted by molar-refractivity contribution is -0.123. The van der Waals surface area contributed by atoms with E-state index in [1.807, 2.05) is 19.9 Å². The number of nitrogens with one attached hydrogen (secondary N) is 3. The Bertz CT molecular complexity index is 1020. The lowest BCUT2D eigenvalue weighted by Crippen LogP contribution is -2.37. The Morgan fingerprint density at radius 1 is 0.935 bits per heavy atom. The summed E-state index contributed by atoms with van der Waals surface area (Å²) in [5, 5.41) is 7.94. The van der Waals surface area contributed by atoms with Gasteiger partial charge in [0.25, 0.3) is 5.91 Å². The summed E-state index contributed by atoms with van der Waals surface area (Å²) in [5.74, 6) is -1.64. The monoisotopic (exact) mass is 445 g/mol. The van der Waals surface area contributed by atoms with E-state index < -0.39 is 29.9 Å². The maximum atomic E-state index is 12.3. The lowest BCUT2D eigenvalue weighted by atomic mass is 9.96. The Kier molecular flexibility index (Phi) is 7.56. The van der Waals surface area contributed by atoms with Crippen molar-refractivity contribution in [2.75, 3.05) is 17.2 Å². The summed E-state index contributed by atoms with van der Waals surface area (Å²) >= 11 is 1.06. The van der Waals surface area contributed by atoms with Crippen LogP contribution in [0.1, 0.15) is 47.1 Å². The van der Waals surface area contributed by atoms with Crippen LogP contribution < -0.4 is 16.0 Å². The van der Waals surface area contributed by atoms with Gasteiger partial charge in [-0.25, -0.2) is 9.59 Å². The van der Waals surface area contributed by atoms with Crippen LogP contribution >= 0.6 is 11.3 Å². The summed E-state index contributed by atoms with van der Waals surface area (Å²) < 4.78 is 5.01. The molecule has 0 aliphatic carbocycles. The maximum absolute atomic E-state index is 12.3. The van der Waals surface area contributed by atoms with Crippen LogP contribution in [0.15, 0.2) is 24.3 Å². The average molecular weight is 446 g/mol. The van der Waals surface area contributed by atoms with Gasteiger partial charge in [0.15, 0.2) is 6.61 Å². The number of rotatable bonds is 5. The van der Waals surface area contributed by atoms with E-state index in [0.29, 0.717) is 16.3 Å². The van der Waals surface area contributed by atoms with Crippen LogP contribution in [-0.2, 0) is 14.3 Å². The first kappa shape index (κ1) is 24.1. The van der Waals surface area contributed by atoms with Crippen molar-refractivity contribution in [2.24, 2.45) is 5.41 Å². The summed E-state index contributed by atoms with van der Waals surface area (Å²) in [7, 11) is 0. The minimum Gasteiger partial charge on any atom is -0.451 e. The van der Waals surface area contributed by atoms with Gasteiger partial charge in [0.05, 0.1) is 5.00 Å². The molecule has 3 N–H and O–H groups in total. The van der Waals surface area contributed by atoms with Gasteiger partial charge in [-0.1, -0.05) is 26.8 Å². The van der Waals surface area contributed by atoms with E-state index in [4.69, 9.17) is 4.74 Å². The number of carbonyl (C=O) groups excluding carboxylic acids is 4. The molecule has 0 radical (unpaired) electrons. The van der Waals surface area contributed by atoms with Gasteiger partial charge in [-0.3, -0.25) is 14.9 Å². The number of imide groups is 1. The molecule has 0 fully saturated rings. The molecule has 2 aromatic rings. The number of carbonyl (C=O) groups is 4. The predicted octanol–water partition coefficient (Wildman–Crippen LogP) is 4.16. The van der Waals surface area contributed by atoms with E-state index in [1.54, 1.807) is 45.9 Å². The first-order valence-electron chi connectivity index (χ1n) is 9.64. The van der Waals surface area contributed by atoms with Crippen molar-refractivity contribution in [1.82, 2.24) is 5.32 Å². The standard InChI is InChI=1S/C22H27N3O5S/c1-12-7-8-15(9-13(12)2)23-21(29)24-16(26)11-30-19(27)18-14(3)10-17(31-18)25-20(28)22(4,5)6/h7-10H,11H2,1-6H3,(H,25,28)(H2,23,24,26,29). The molecular weight excluding hydrogens is 418 g/mol. The first-order chi connectivity index (χ1) is 14.4. The van der Waals surface area contributed by atoms with Crippen LogP contribution in [0.2, 0.25) is 0 Å². The SMILES string of the molecule is Cc1ccc(NC(=O)NC(=O)COC(=O)c2sc(NC(=O)C(C)(C)C)cc2C)cc1C. The van der Waals surface area contributed by atoms with E-state index in [0.717, 1.165) is 22.5 Å². The van der Waals surface area contributed by atoms with Crippen molar-refractivity contribution in [1.29, 1.82) is 0 Å². The van der Waals surface area contributed by atoms with Crippen molar-refractivity contribution in [2.45, 2.75) is 41.5 Å². The fraction of sp³-hybridized carbons (Fsp3) is 0.364. The molecule has 1 aromatic heterocycles. The highest BCUT2D eigenvalue weighted by Gasteiger charge is 2.23. The number of ether oxygens (including phenoxy) is 1. The zero-order valence-corrected chi connectivity index (χ0v) is 19.3. The molecule has 8 nitrogen and oxygen atoms in total. The Balaban J connectivity index is 1.87. The van der Waals surface area contributed by atoms with Gasteiger partial charge in [0.2, 0.25) is 5.91 Å². The molecule has 0 saturated heterocycles. The Hall–Kier alpha value is -3.20. The maximum Gasteiger partial charge on any atom is 0.349 e. The van der Waals surface area contributed by atoms with E-state index in [1.165, 1.54) is 0 Å². The normalized spacial score (nSPS) is 10.9. The van der Waals surface area contributed by atoms with E-state index in [-0.39, 0.29) is 10.8 Å². The molecule has 1 aromatic carbocycles. The quantitative estimate of drug-likeness (QED) is 0.598. The van der Waals surface area contributed by atoms with Gasteiger partial charge >= 0.3 is 12.0 Å². The molecular formula is C22H27N3O5S. The summed E-state index contributed by atoms with van der Waals surface area (Å²) in [6.07, 6.45) is 0. The minimum atomic E-state index is -0.759. The molecule has 0 unspecified atom stereocenters. The van der Waals surface area contributed by atoms with Crippen LogP contribution in [0.3, 0.4) is 0 Å². The van der Waals surface area contributed by atoms with Crippen LogP contribution in [0.25, 0.3) is 0 Å². The second kappa shape index (κ2) is 9.74. The third-order valence-electron chi connectivity index (χ3n) is 4.37. The zero-order valence-electron chi connectivity index (χ0n) is 18.5. The number of esters is 1. The average Bonchev–Trinajstić information content (AvgIpc) is 3.02. The number of hydrogen-bond donors (Lipinski definition) is 3. The first-order valence-corrected chi connectivity index (χ1v) is 10.5. The van der Waals surface area contributed by atoms with Crippen molar-refractivity contribution in [3.63, 3.8) is 0 Å². The molecule has 166 valence electrons. The van der Waals surface area contributed by atoms with Crippen molar-refractivity contribution in [3.05, 3.63) is 45.8 Å². The molecule has 0 saturated carbocycles. The summed E-state index contributed by atoms with van der Waals surface area (Å²) in [6.45, 7) is 10.3. The Labute approximate surface area is 185 Å². The molecule has 4 amide bonds. The fourth-order valence-corrected chi connectivity index (χ4v) is 3.35. The molecule has 0 atom stereocenters. The Morgan fingerprint density at radius 2 is 1.61 bits per heavy atom. The smallest absolute Gasteiger partial charge is 0.349 e. The number of aryl methyl sites for hydroxylation is 3. The minimum absolute atomic E-state index is 0.178. The molecule has 0 aliphatic heterocycles. The number of hydrogen-bond acceptors (Lipinski definition) is 6. The number of urea groups is 1. The van der Waals surface area contributed by atoms with Crippen LogP contribution in [0, 0.1) is 26.2 Å². The van der Waals surface area contributed by atoms with E-state index in [2.05, 4.69) is 16.0 Å². The third kappa shape index (κ3) is 6.92. The van der Waals surface area contributed by atoms with Gasteiger partial charge in [0.1, 0.15) is 4.88 Å². The summed E-state index contributed by atoms with van der Waals surface area (Å²) in [4.78, 5) is 48.6. The number of anilines is 2. The third-order valence-corrected chi connectivity index (χ3v) is 5.51. The summed E-state index contributed by atoms with van der Waals surface area (Å²) in [6, 6.07) is 6.32. The highest BCUT2D eigenvalue weighted by Crippen LogP contribution is 2.29. The van der Waals surface area contributed by atoms with E-state index >= 15 is 0 Å². The molecule has 0 bridgehead atoms. The van der Waals surface area contributed by atoms with Crippen molar-refractivity contribution in [3.8, 4) is 0 Å². The van der Waals surface area contributed by atoms with Gasteiger partial charge in [-0.15, -0.1) is 11.3 Å². The van der Waals surface area contributed by atoms with Crippen molar-refractivity contribution >= 4 is 45.8 Å². The lowest BCUT2D eigenvalue weighted by Gasteiger charge is -2.16. The molecule has 31 heavy (non-hydrogen) atoms. The zero-order chi connectivity index (χ0) is 23.3. The highest BCUT2D eigenvalue weighted by molar-refractivity contribution is 7.18. The van der Waals surface area contributed by atoms with Gasteiger partial charge in [0, 0.05) is 11.1 Å². The topological polar surface area (TPSA) is 114 Å². The summed E-state index contributed by atoms with van der Waals surface area (Å²) in [5.41, 5.74) is 2.67. The van der Waals surface area contributed by atoms with Crippen LogP contribution in [0.4, 0.5) is 15.5 Å². The molecule has 1 heterocycles. The van der Waals surface area contributed by atoms with Gasteiger partial charge in [-0.05, 0) is 55.7 Å². The second-order valence-corrected chi connectivity index (χ2v) is 9.26. The Morgan fingerprint density at radius 3 is 2.23 bits per heavy atom. The van der Waals surface area contributed by atoms with Gasteiger partial charge in [-0.2, -0.15) is 0 Å². The molecule has 0 spiro atoms. The number of benzene rings is 1. The molecule has 2 rings (SSSR count). The predicted molar refractivity (Wildman–Crippen MR) is 121 cm³/mol. The second-order valence-electron chi connectivity index (χ2n) is 8.20. The highest BCUT2D eigenvalue weighted by atomic mass is 32.1. The van der Waals surface area contributed by atoms with Crippen molar-refractivity contribution < 1.29 is 23.9 Å². The van der Waals surface area contributed by atoms with Gasteiger partial charge < -0.3 is 15.4 Å². The largest absolute Gasteiger partial charge is 0.451 e. The number of thiophene rings is 1. The molecule has 0 aliphatic rings. The number of amides is 4. The molecule has 9 heteroatoms. The van der Waals surface area contributed by atoms with Crippen LogP contribution in [-0.4, -0.2) is 30.4 Å². The van der Waals surface area contributed by atoms with E-state index in [9.17, 15) is 19.2 Å². The fourth-order valence-electron chi connectivity index (χ4n) is 2.39. The van der Waals surface area contributed by atoms with Crippen LogP contribution in [0.5, 0.6) is 0 Å².